The number of halogens is 3. The van der Waals surface area contributed by atoms with Crippen molar-refractivity contribution in [1.82, 2.24) is 19.3 Å². The highest BCUT2D eigenvalue weighted by Gasteiger charge is 2.34. The van der Waals surface area contributed by atoms with Crippen molar-refractivity contribution in [3.8, 4) is 11.3 Å². The van der Waals surface area contributed by atoms with Crippen LogP contribution in [-0.4, -0.2) is 43.4 Å². The molecule has 0 bridgehead atoms. The van der Waals surface area contributed by atoms with Crippen LogP contribution in [0.3, 0.4) is 0 Å². The van der Waals surface area contributed by atoms with Gasteiger partial charge in [-0.1, -0.05) is 45.0 Å². The number of carbonyl (C=O) groups excluding carboxylic acids is 1. The summed E-state index contributed by atoms with van der Waals surface area (Å²) < 4.78 is 44.2. The van der Waals surface area contributed by atoms with Gasteiger partial charge in [0.25, 0.3) is 6.43 Å². The Hall–Kier alpha value is -3.92. The average molecular weight is 566 g/mol. The highest BCUT2D eigenvalue weighted by Crippen LogP contribution is 2.38. The van der Waals surface area contributed by atoms with E-state index in [0.29, 0.717) is 30.1 Å². The summed E-state index contributed by atoms with van der Waals surface area (Å²) in [5.41, 5.74) is 5.13. The van der Waals surface area contributed by atoms with Crippen molar-refractivity contribution in [3.63, 3.8) is 0 Å². The molecule has 0 aliphatic carbocycles. The number of piperidine rings is 1. The largest absolute Gasteiger partial charge is 0.382 e. The molecule has 1 unspecified atom stereocenters. The number of aromatic nitrogens is 3. The number of fused-ring (bicyclic) bond motifs is 1. The monoisotopic (exact) mass is 565 g/mol. The van der Waals surface area contributed by atoms with E-state index >= 15 is 4.39 Å². The maximum atomic E-state index is 15.8. The lowest BCUT2D eigenvalue weighted by atomic mass is 9.86. The van der Waals surface area contributed by atoms with E-state index in [0.717, 1.165) is 12.8 Å². The van der Waals surface area contributed by atoms with Crippen molar-refractivity contribution in [2.75, 3.05) is 18.8 Å². The maximum absolute atomic E-state index is 15.8. The van der Waals surface area contributed by atoms with E-state index in [2.05, 4.69) is 4.98 Å². The lowest BCUT2D eigenvalue weighted by Gasteiger charge is -2.36. The standard InChI is InChI=1S/C31H34F3N5O2/c1-30(2,3)29(40)38-13-6-8-19(17-38)28-37-24(25-27(35)36-12-14-39(25)28)22-11-10-21(16-23(22)32)31(4,41)20-9-5-7-18(15-20)26(33)34/h5,7,9-12,14-16,19,26,41H,6,8,13,17H2,1-4H3,(H2,35,36)/t19-,31?/m1/s1. The zero-order valence-electron chi connectivity index (χ0n) is 23.5. The third kappa shape index (κ3) is 5.28. The topological polar surface area (TPSA) is 96.8 Å². The molecule has 1 aliphatic rings. The number of hydrogen-bond donors (Lipinski definition) is 2. The summed E-state index contributed by atoms with van der Waals surface area (Å²) in [6.45, 7) is 8.28. The van der Waals surface area contributed by atoms with Crippen LogP contribution >= 0.6 is 0 Å². The molecule has 1 aliphatic heterocycles. The molecule has 41 heavy (non-hydrogen) atoms. The summed E-state index contributed by atoms with van der Waals surface area (Å²) in [6.07, 6.45) is 2.20. The van der Waals surface area contributed by atoms with Crippen LogP contribution in [0.1, 0.15) is 75.4 Å². The molecule has 1 amide bonds. The molecule has 10 heteroatoms. The Kier molecular flexibility index (Phi) is 7.31. The van der Waals surface area contributed by atoms with Gasteiger partial charge in [-0.3, -0.25) is 9.20 Å². The Labute approximate surface area is 236 Å². The highest BCUT2D eigenvalue weighted by atomic mass is 19.3. The number of carbonyl (C=O) groups is 1. The molecule has 7 nitrogen and oxygen atoms in total. The SMILES string of the molecule is CC(C)(C)C(=O)N1CCC[C@@H](c2nc(-c3ccc(C(C)(O)c4cccc(C(F)F)c4)cc3F)c3c(N)nccn23)C1. The molecule has 3 N–H and O–H groups in total. The first kappa shape index (κ1) is 28.6. The van der Waals surface area contributed by atoms with Crippen LogP contribution in [0.5, 0.6) is 0 Å². The molecule has 0 spiro atoms. The van der Waals surface area contributed by atoms with Crippen LogP contribution in [0.15, 0.2) is 54.9 Å². The Balaban J connectivity index is 1.55. The number of benzene rings is 2. The predicted octanol–water partition coefficient (Wildman–Crippen LogP) is 6.06. The number of hydrogen-bond acceptors (Lipinski definition) is 5. The van der Waals surface area contributed by atoms with Gasteiger partial charge in [0.05, 0.1) is 0 Å². The first-order valence-electron chi connectivity index (χ1n) is 13.6. The van der Waals surface area contributed by atoms with Gasteiger partial charge in [0.1, 0.15) is 34.3 Å². The minimum atomic E-state index is -2.70. The number of nitrogens with zero attached hydrogens (tertiary/aromatic N) is 4. The molecular formula is C31H34F3N5O2. The summed E-state index contributed by atoms with van der Waals surface area (Å²) >= 11 is 0. The lowest BCUT2D eigenvalue weighted by Crippen LogP contribution is -2.44. The number of anilines is 1. The second-order valence-electron chi connectivity index (χ2n) is 11.9. The van der Waals surface area contributed by atoms with E-state index in [-0.39, 0.29) is 39.9 Å². The molecule has 2 aromatic heterocycles. The van der Waals surface area contributed by atoms with Gasteiger partial charge in [0.2, 0.25) is 5.91 Å². The number of nitrogen functional groups attached to an aromatic ring is 1. The Morgan fingerprint density at radius 3 is 2.54 bits per heavy atom. The number of amides is 1. The fourth-order valence-corrected chi connectivity index (χ4v) is 5.56. The predicted molar refractivity (Wildman–Crippen MR) is 151 cm³/mol. The van der Waals surface area contributed by atoms with Crippen molar-refractivity contribution in [2.24, 2.45) is 5.41 Å². The van der Waals surface area contributed by atoms with Gasteiger partial charge in [-0.15, -0.1) is 0 Å². The zero-order chi connectivity index (χ0) is 29.7. The Bertz CT molecular complexity index is 1610. The summed E-state index contributed by atoms with van der Waals surface area (Å²) in [5, 5.41) is 11.3. The fourth-order valence-electron chi connectivity index (χ4n) is 5.56. The van der Waals surface area contributed by atoms with Crippen LogP contribution < -0.4 is 5.73 Å². The molecule has 4 aromatic rings. The first-order valence-corrected chi connectivity index (χ1v) is 13.6. The highest BCUT2D eigenvalue weighted by molar-refractivity contribution is 5.86. The second kappa shape index (κ2) is 10.5. The summed E-state index contributed by atoms with van der Waals surface area (Å²) in [5.74, 6) is 0.157. The minimum Gasteiger partial charge on any atom is -0.382 e. The number of likely N-dealkylation sites (tertiary alicyclic amines) is 1. The maximum Gasteiger partial charge on any atom is 0.263 e. The van der Waals surface area contributed by atoms with Crippen LogP contribution in [0.4, 0.5) is 19.0 Å². The van der Waals surface area contributed by atoms with Crippen molar-refractivity contribution in [2.45, 2.75) is 58.5 Å². The molecule has 5 rings (SSSR count). The number of rotatable bonds is 5. The average Bonchev–Trinajstić information content (AvgIpc) is 3.33. The van der Waals surface area contributed by atoms with E-state index in [1.165, 1.54) is 43.3 Å². The van der Waals surface area contributed by atoms with Crippen molar-refractivity contribution < 1.29 is 23.1 Å². The van der Waals surface area contributed by atoms with Crippen molar-refractivity contribution in [1.29, 1.82) is 0 Å². The number of nitrogens with two attached hydrogens (primary N) is 1. The lowest BCUT2D eigenvalue weighted by molar-refractivity contribution is -0.140. The van der Waals surface area contributed by atoms with Crippen molar-refractivity contribution in [3.05, 3.63) is 83.2 Å². The molecule has 1 saturated heterocycles. The molecule has 2 atom stereocenters. The molecule has 1 fully saturated rings. The van der Waals surface area contributed by atoms with Gasteiger partial charge in [-0.05, 0) is 49.1 Å². The normalized spacial score (nSPS) is 17.7. The molecule has 216 valence electrons. The van der Waals surface area contributed by atoms with Crippen LogP contribution in [0, 0.1) is 11.2 Å². The Morgan fingerprint density at radius 2 is 1.85 bits per heavy atom. The van der Waals surface area contributed by atoms with Gasteiger partial charge in [0.15, 0.2) is 0 Å². The smallest absolute Gasteiger partial charge is 0.263 e. The molecule has 2 aromatic carbocycles. The van der Waals surface area contributed by atoms with E-state index in [4.69, 9.17) is 10.7 Å². The van der Waals surface area contributed by atoms with Crippen LogP contribution in [-0.2, 0) is 10.4 Å². The van der Waals surface area contributed by atoms with E-state index in [9.17, 15) is 18.7 Å². The molecule has 3 heterocycles. The van der Waals surface area contributed by atoms with Gasteiger partial charge in [0, 0.05) is 47.9 Å². The zero-order valence-corrected chi connectivity index (χ0v) is 23.5. The summed E-state index contributed by atoms with van der Waals surface area (Å²) in [4.78, 5) is 23.9. The number of imidazole rings is 1. The van der Waals surface area contributed by atoms with Crippen molar-refractivity contribution >= 4 is 17.2 Å². The first-order chi connectivity index (χ1) is 19.3. The number of alkyl halides is 2. The van der Waals surface area contributed by atoms with Crippen LogP contribution in [0.25, 0.3) is 16.8 Å². The number of aliphatic hydroxyl groups is 1. The van der Waals surface area contributed by atoms with Gasteiger partial charge in [-0.25, -0.2) is 23.1 Å². The third-order valence-electron chi connectivity index (χ3n) is 7.81. The summed E-state index contributed by atoms with van der Waals surface area (Å²) in [6, 6.07) is 9.70. The van der Waals surface area contributed by atoms with E-state index in [1.807, 2.05) is 30.1 Å². The van der Waals surface area contributed by atoms with Crippen LogP contribution in [0.2, 0.25) is 0 Å². The minimum absolute atomic E-state index is 0.0669. The molecule has 0 saturated carbocycles. The molecular weight excluding hydrogens is 531 g/mol. The van der Waals surface area contributed by atoms with E-state index in [1.54, 1.807) is 18.5 Å². The summed E-state index contributed by atoms with van der Waals surface area (Å²) in [7, 11) is 0. The third-order valence-corrected chi connectivity index (χ3v) is 7.81. The van der Waals surface area contributed by atoms with Gasteiger partial charge >= 0.3 is 0 Å². The quantitative estimate of drug-likeness (QED) is 0.307. The molecule has 0 radical (unpaired) electrons. The van der Waals surface area contributed by atoms with E-state index < -0.39 is 23.3 Å². The Morgan fingerprint density at radius 1 is 1.12 bits per heavy atom. The van der Waals surface area contributed by atoms with Gasteiger partial charge in [-0.2, -0.15) is 0 Å². The fraction of sp³-hybridized carbons (Fsp3) is 0.387. The second-order valence-corrected chi connectivity index (χ2v) is 11.9. The van der Waals surface area contributed by atoms with Gasteiger partial charge < -0.3 is 15.7 Å².